The van der Waals surface area contributed by atoms with Crippen LogP contribution in [0.3, 0.4) is 0 Å². The maximum atomic E-state index is 12.7. The zero-order valence-corrected chi connectivity index (χ0v) is 16.4. The van der Waals surface area contributed by atoms with Crippen molar-refractivity contribution in [1.82, 2.24) is 4.57 Å². The molecule has 1 fully saturated rings. The van der Waals surface area contributed by atoms with Gasteiger partial charge in [-0.1, -0.05) is 0 Å². The molecule has 7 nitrogen and oxygen atoms in total. The van der Waals surface area contributed by atoms with Crippen LogP contribution in [0, 0.1) is 6.92 Å². The van der Waals surface area contributed by atoms with Gasteiger partial charge in [-0.3, -0.25) is 4.79 Å². The monoisotopic (exact) mass is 387 g/mol. The second-order valence-corrected chi connectivity index (χ2v) is 6.97. The number of ether oxygens (including phenoxy) is 5. The quantitative estimate of drug-likeness (QED) is 0.784. The molecule has 1 aromatic heterocycles. The van der Waals surface area contributed by atoms with Gasteiger partial charge in [0.15, 0.2) is 11.5 Å². The number of nitrogens with zero attached hydrogens (tertiary/aromatic N) is 1. The number of aryl methyl sites for hydroxylation is 1. The van der Waals surface area contributed by atoms with E-state index >= 15 is 0 Å². The highest BCUT2D eigenvalue weighted by molar-refractivity contribution is 5.74. The first-order valence-electron chi connectivity index (χ1n) is 9.44. The molecule has 28 heavy (non-hydrogen) atoms. The molecule has 7 heteroatoms. The number of aromatic nitrogens is 1. The van der Waals surface area contributed by atoms with E-state index in [0.29, 0.717) is 50.2 Å². The van der Waals surface area contributed by atoms with Crippen molar-refractivity contribution >= 4 is 0 Å². The fourth-order valence-corrected chi connectivity index (χ4v) is 3.84. The second kappa shape index (κ2) is 7.85. The normalized spacial score (nSPS) is 18.2. The molecule has 4 rings (SSSR count). The lowest BCUT2D eigenvalue weighted by molar-refractivity contribution is -0.101. The minimum Gasteiger partial charge on any atom is -0.493 e. The van der Waals surface area contributed by atoms with E-state index in [9.17, 15) is 4.79 Å². The number of benzene rings is 1. The predicted molar refractivity (Wildman–Crippen MR) is 104 cm³/mol. The summed E-state index contributed by atoms with van der Waals surface area (Å²) in [6, 6.07) is 5.49. The molecule has 0 aliphatic carbocycles. The summed E-state index contributed by atoms with van der Waals surface area (Å²) in [6.07, 6.45) is 0.638. The first-order valence-corrected chi connectivity index (χ1v) is 9.44. The van der Waals surface area contributed by atoms with E-state index < -0.39 is 0 Å². The van der Waals surface area contributed by atoms with Crippen molar-refractivity contribution in [1.29, 1.82) is 0 Å². The standard InChI is InChI=1S/C21H25NO6/c1-13-17(28-12-15-11-26-6-7-27-15)10-20(23)22-5-4-14-8-18(24-2)19(25-3)9-16(14)21(13)22/h8-10,15H,4-7,11-12H2,1-3H3/t15-/m0/s1. The summed E-state index contributed by atoms with van der Waals surface area (Å²) in [6.45, 7) is 4.62. The highest BCUT2D eigenvalue weighted by atomic mass is 16.6. The number of hydrogen-bond acceptors (Lipinski definition) is 6. The summed E-state index contributed by atoms with van der Waals surface area (Å²) in [5.41, 5.74) is 3.81. The molecule has 2 aliphatic rings. The largest absolute Gasteiger partial charge is 0.493 e. The van der Waals surface area contributed by atoms with Gasteiger partial charge in [0, 0.05) is 23.7 Å². The SMILES string of the molecule is COc1cc2c(cc1OC)-c1c(C)c(OC[C@@H]3COCCO3)cc(=O)n1CC2. The third-order valence-corrected chi connectivity index (χ3v) is 5.29. The molecule has 0 amide bonds. The topological polar surface area (TPSA) is 68.2 Å². The lowest BCUT2D eigenvalue weighted by Gasteiger charge is -2.27. The zero-order chi connectivity index (χ0) is 19.7. The molecule has 2 aliphatic heterocycles. The minimum absolute atomic E-state index is 0.0724. The van der Waals surface area contributed by atoms with Crippen molar-refractivity contribution in [3.05, 3.63) is 39.7 Å². The number of fused-ring (bicyclic) bond motifs is 3. The minimum atomic E-state index is -0.122. The van der Waals surface area contributed by atoms with E-state index in [2.05, 4.69) is 0 Å². The Labute approximate surface area is 163 Å². The van der Waals surface area contributed by atoms with E-state index in [0.717, 1.165) is 28.8 Å². The van der Waals surface area contributed by atoms with Crippen molar-refractivity contribution in [2.24, 2.45) is 0 Å². The van der Waals surface area contributed by atoms with Crippen molar-refractivity contribution in [3.63, 3.8) is 0 Å². The van der Waals surface area contributed by atoms with Crippen LogP contribution >= 0.6 is 0 Å². The summed E-state index contributed by atoms with van der Waals surface area (Å²) in [7, 11) is 3.23. The highest BCUT2D eigenvalue weighted by Gasteiger charge is 2.25. The Morgan fingerprint density at radius 1 is 1.11 bits per heavy atom. The van der Waals surface area contributed by atoms with Crippen LogP contribution in [-0.2, 0) is 22.4 Å². The zero-order valence-electron chi connectivity index (χ0n) is 16.4. The van der Waals surface area contributed by atoms with E-state index in [1.54, 1.807) is 24.9 Å². The summed E-state index contributed by atoms with van der Waals surface area (Å²) in [4.78, 5) is 12.7. The van der Waals surface area contributed by atoms with Crippen molar-refractivity contribution in [2.75, 3.05) is 40.6 Å². The third kappa shape index (κ3) is 3.36. The van der Waals surface area contributed by atoms with Gasteiger partial charge in [-0.15, -0.1) is 0 Å². The molecule has 0 N–H and O–H groups in total. The van der Waals surface area contributed by atoms with Crippen LogP contribution in [0.4, 0.5) is 0 Å². The molecule has 0 spiro atoms. The van der Waals surface area contributed by atoms with E-state index in [4.69, 9.17) is 23.7 Å². The van der Waals surface area contributed by atoms with E-state index in [1.165, 1.54) is 0 Å². The average molecular weight is 387 g/mol. The fourth-order valence-electron chi connectivity index (χ4n) is 3.84. The first kappa shape index (κ1) is 18.8. The Morgan fingerprint density at radius 2 is 1.89 bits per heavy atom. The van der Waals surface area contributed by atoms with Gasteiger partial charge in [-0.2, -0.15) is 0 Å². The lowest BCUT2D eigenvalue weighted by Crippen LogP contribution is -2.34. The lowest BCUT2D eigenvalue weighted by atomic mass is 9.93. The molecule has 0 unspecified atom stereocenters. The van der Waals surface area contributed by atoms with Crippen LogP contribution < -0.4 is 19.8 Å². The Bertz CT molecular complexity index is 929. The van der Waals surface area contributed by atoms with Gasteiger partial charge in [-0.25, -0.2) is 0 Å². The molecule has 1 saturated heterocycles. The van der Waals surface area contributed by atoms with Crippen molar-refractivity contribution in [2.45, 2.75) is 26.0 Å². The van der Waals surface area contributed by atoms with Gasteiger partial charge < -0.3 is 28.3 Å². The number of methoxy groups -OCH3 is 2. The molecule has 150 valence electrons. The summed E-state index contributed by atoms with van der Waals surface area (Å²) in [5.74, 6) is 1.91. The van der Waals surface area contributed by atoms with Crippen LogP contribution in [0.2, 0.25) is 0 Å². The number of rotatable bonds is 5. The van der Waals surface area contributed by atoms with Crippen LogP contribution in [0.1, 0.15) is 11.1 Å². The molecule has 1 aromatic carbocycles. The van der Waals surface area contributed by atoms with Crippen LogP contribution in [-0.4, -0.2) is 51.3 Å². The molecule has 0 saturated carbocycles. The summed E-state index contributed by atoms with van der Waals surface area (Å²) < 4.78 is 29.7. The maximum Gasteiger partial charge on any atom is 0.254 e. The summed E-state index contributed by atoms with van der Waals surface area (Å²) in [5, 5.41) is 0. The van der Waals surface area contributed by atoms with Gasteiger partial charge in [0.2, 0.25) is 0 Å². The van der Waals surface area contributed by atoms with Crippen LogP contribution in [0.5, 0.6) is 17.2 Å². The Hall–Kier alpha value is -2.51. The molecule has 2 aromatic rings. The number of pyridine rings is 1. The highest BCUT2D eigenvalue weighted by Crippen LogP contribution is 2.40. The van der Waals surface area contributed by atoms with Crippen LogP contribution in [0.15, 0.2) is 23.0 Å². The van der Waals surface area contributed by atoms with Crippen molar-refractivity contribution < 1.29 is 23.7 Å². The first-order chi connectivity index (χ1) is 13.6. The van der Waals surface area contributed by atoms with Crippen molar-refractivity contribution in [3.8, 4) is 28.5 Å². The molecule has 1 atom stereocenters. The molecule has 3 heterocycles. The Kier molecular flexibility index (Phi) is 5.28. The molecular weight excluding hydrogens is 362 g/mol. The van der Waals surface area contributed by atoms with Gasteiger partial charge in [0.25, 0.3) is 5.56 Å². The molecular formula is C21H25NO6. The van der Waals surface area contributed by atoms with E-state index in [-0.39, 0.29) is 11.7 Å². The Morgan fingerprint density at radius 3 is 2.61 bits per heavy atom. The average Bonchev–Trinajstić information content (AvgIpc) is 2.74. The fraction of sp³-hybridized carbons (Fsp3) is 0.476. The second-order valence-electron chi connectivity index (χ2n) is 6.97. The van der Waals surface area contributed by atoms with Gasteiger partial charge in [0.05, 0.1) is 39.7 Å². The van der Waals surface area contributed by atoms with E-state index in [1.807, 2.05) is 19.1 Å². The maximum absolute atomic E-state index is 12.7. The van der Waals surface area contributed by atoms with Gasteiger partial charge in [0.1, 0.15) is 18.5 Å². The molecule has 0 radical (unpaired) electrons. The molecule has 0 bridgehead atoms. The summed E-state index contributed by atoms with van der Waals surface area (Å²) >= 11 is 0. The third-order valence-electron chi connectivity index (χ3n) is 5.29. The Balaban J connectivity index is 1.73. The van der Waals surface area contributed by atoms with Gasteiger partial charge in [-0.05, 0) is 31.0 Å². The smallest absolute Gasteiger partial charge is 0.254 e. The van der Waals surface area contributed by atoms with Gasteiger partial charge >= 0.3 is 0 Å². The van der Waals surface area contributed by atoms with Crippen LogP contribution in [0.25, 0.3) is 11.3 Å². The predicted octanol–water partition coefficient (Wildman–Crippen LogP) is 2.19. The number of hydrogen-bond donors (Lipinski definition) is 0.